The zero-order chi connectivity index (χ0) is 11.2. The number of H-pyrrole nitrogens is 1. The second-order valence-corrected chi connectivity index (χ2v) is 3.36. The summed E-state index contributed by atoms with van der Waals surface area (Å²) in [5.74, 6) is 0.879. The Morgan fingerprint density at radius 3 is 3.00 bits per heavy atom. The van der Waals surface area contributed by atoms with Gasteiger partial charge in [-0.2, -0.15) is 0 Å². The summed E-state index contributed by atoms with van der Waals surface area (Å²) in [6.45, 7) is 3.36. The third kappa shape index (κ3) is 2.53. The number of nitrogens with zero attached hydrogens (tertiary/aromatic N) is 1. The summed E-state index contributed by atoms with van der Waals surface area (Å²) in [7, 11) is 0. The van der Waals surface area contributed by atoms with Crippen LogP contribution in [0.3, 0.4) is 0 Å². The predicted molar refractivity (Wildman–Crippen MR) is 63.5 cm³/mol. The second-order valence-electron chi connectivity index (χ2n) is 3.36. The van der Waals surface area contributed by atoms with Crippen LogP contribution in [0.5, 0.6) is 5.75 Å². The summed E-state index contributed by atoms with van der Waals surface area (Å²) < 4.78 is 5.52. The molecule has 2 rings (SSSR count). The Bertz CT molecular complexity index is 426. The summed E-state index contributed by atoms with van der Waals surface area (Å²) in [5, 5.41) is 3.30. The van der Waals surface area contributed by atoms with E-state index in [-0.39, 0.29) is 0 Å². The molecule has 1 heterocycles. The van der Waals surface area contributed by atoms with Gasteiger partial charge in [0.1, 0.15) is 5.75 Å². The van der Waals surface area contributed by atoms with E-state index in [1.165, 1.54) is 0 Å². The number of benzene rings is 1. The van der Waals surface area contributed by atoms with Gasteiger partial charge in [0.2, 0.25) is 0 Å². The number of aromatic amines is 1. The first kappa shape index (κ1) is 10.5. The number of imidazole rings is 1. The highest BCUT2D eigenvalue weighted by molar-refractivity contribution is 5.56. The van der Waals surface area contributed by atoms with Crippen LogP contribution in [0.25, 0.3) is 0 Å². The summed E-state index contributed by atoms with van der Waals surface area (Å²) in [5.41, 5.74) is 2.05. The van der Waals surface area contributed by atoms with E-state index in [9.17, 15) is 0 Å². The summed E-state index contributed by atoms with van der Waals surface area (Å²) >= 11 is 0. The summed E-state index contributed by atoms with van der Waals surface area (Å²) in [4.78, 5) is 7.01. The van der Waals surface area contributed by atoms with Crippen LogP contribution in [0.1, 0.15) is 12.6 Å². The summed E-state index contributed by atoms with van der Waals surface area (Å²) in [6, 6.07) is 7.91. The lowest BCUT2D eigenvalue weighted by Gasteiger charge is -2.11. The molecule has 4 heteroatoms. The fourth-order valence-corrected chi connectivity index (χ4v) is 1.47. The first-order valence-corrected chi connectivity index (χ1v) is 5.33. The molecule has 2 N–H and O–H groups in total. The second kappa shape index (κ2) is 5.21. The normalized spacial score (nSPS) is 10.1. The molecule has 0 fully saturated rings. The molecule has 2 aromatic rings. The van der Waals surface area contributed by atoms with Crippen molar-refractivity contribution in [2.75, 3.05) is 11.9 Å². The molecule has 0 radical (unpaired) electrons. The van der Waals surface area contributed by atoms with Crippen LogP contribution in [-0.4, -0.2) is 16.6 Å². The molecule has 0 saturated carbocycles. The molecule has 16 heavy (non-hydrogen) atoms. The lowest BCUT2D eigenvalue weighted by Crippen LogP contribution is -2.02. The molecule has 1 aromatic heterocycles. The monoisotopic (exact) mass is 217 g/mol. The Labute approximate surface area is 94.7 Å². The van der Waals surface area contributed by atoms with Crippen LogP contribution < -0.4 is 10.1 Å². The maximum Gasteiger partial charge on any atom is 0.142 e. The number of hydrogen-bond acceptors (Lipinski definition) is 3. The Balaban J connectivity index is 2.03. The maximum absolute atomic E-state index is 5.52. The smallest absolute Gasteiger partial charge is 0.142 e. The Morgan fingerprint density at radius 2 is 2.25 bits per heavy atom. The van der Waals surface area contributed by atoms with Crippen molar-refractivity contribution >= 4 is 5.69 Å². The van der Waals surface area contributed by atoms with E-state index >= 15 is 0 Å². The number of nitrogens with one attached hydrogen (secondary N) is 2. The molecule has 0 aliphatic heterocycles. The molecule has 0 unspecified atom stereocenters. The molecule has 0 amide bonds. The predicted octanol–water partition coefficient (Wildman–Crippen LogP) is 2.42. The maximum atomic E-state index is 5.52. The standard InChI is InChI=1S/C12H15N3O/c1-2-16-12-6-4-3-5-11(12)14-8-10-7-13-9-15-10/h3-7,9,14H,2,8H2,1H3,(H,13,15). The highest BCUT2D eigenvalue weighted by atomic mass is 16.5. The van der Waals surface area contributed by atoms with Gasteiger partial charge in [-0.1, -0.05) is 12.1 Å². The van der Waals surface area contributed by atoms with Gasteiger partial charge in [0.15, 0.2) is 0 Å². The van der Waals surface area contributed by atoms with Crippen molar-refractivity contribution in [3.63, 3.8) is 0 Å². The van der Waals surface area contributed by atoms with E-state index in [1.54, 1.807) is 12.5 Å². The van der Waals surface area contributed by atoms with Crippen molar-refractivity contribution < 1.29 is 4.74 Å². The van der Waals surface area contributed by atoms with Gasteiger partial charge in [-0.25, -0.2) is 4.98 Å². The number of para-hydroxylation sites is 2. The Morgan fingerprint density at radius 1 is 1.38 bits per heavy atom. The Kier molecular flexibility index (Phi) is 3.43. The molecular weight excluding hydrogens is 202 g/mol. The number of hydrogen-bond donors (Lipinski definition) is 2. The molecular formula is C12H15N3O. The van der Waals surface area contributed by atoms with Gasteiger partial charge in [-0.05, 0) is 19.1 Å². The lowest BCUT2D eigenvalue weighted by atomic mass is 10.3. The van der Waals surface area contributed by atoms with E-state index in [0.29, 0.717) is 13.2 Å². The molecule has 0 atom stereocenters. The van der Waals surface area contributed by atoms with E-state index in [4.69, 9.17) is 4.74 Å². The van der Waals surface area contributed by atoms with Gasteiger partial charge in [0, 0.05) is 6.20 Å². The van der Waals surface area contributed by atoms with Crippen molar-refractivity contribution in [3.8, 4) is 5.75 Å². The highest BCUT2D eigenvalue weighted by Crippen LogP contribution is 2.23. The zero-order valence-corrected chi connectivity index (χ0v) is 9.23. The molecule has 84 valence electrons. The van der Waals surface area contributed by atoms with Crippen molar-refractivity contribution in [2.45, 2.75) is 13.5 Å². The van der Waals surface area contributed by atoms with Crippen molar-refractivity contribution in [1.82, 2.24) is 9.97 Å². The van der Waals surface area contributed by atoms with Crippen LogP contribution in [0.2, 0.25) is 0 Å². The van der Waals surface area contributed by atoms with E-state index < -0.39 is 0 Å². The van der Waals surface area contributed by atoms with Crippen LogP contribution in [0.4, 0.5) is 5.69 Å². The van der Waals surface area contributed by atoms with Crippen LogP contribution in [-0.2, 0) is 6.54 Å². The molecule has 0 spiro atoms. The minimum absolute atomic E-state index is 0.669. The van der Waals surface area contributed by atoms with Crippen molar-refractivity contribution in [3.05, 3.63) is 42.5 Å². The number of rotatable bonds is 5. The number of ether oxygens (including phenoxy) is 1. The van der Waals surface area contributed by atoms with E-state index in [2.05, 4.69) is 15.3 Å². The third-order valence-electron chi connectivity index (χ3n) is 2.21. The quantitative estimate of drug-likeness (QED) is 0.808. The van der Waals surface area contributed by atoms with Crippen molar-refractivity contribution in [1.29, 1.82) is 0 Å². The molecule has 4 nitrogen and oxygen atoms in total. The van der Waals surface area contributed by atoms with Gasteiger partial charge >= 0.3 is 0 Å². The minimum Gasteiger partial charge on any atom is -0.492 e. The summed E-state index contributed by atoms with van der Waals surface area (Å²) in [6.07, 6.45) is 3.47. The fourth-order valence-electron chi connectivity index (χ4n) is 1.47. The van der Waals surface area contributed by atoms with Crippen LogP contribution in [0, 0.1) is 0 Å². The molecule has 1 aromatic carbocycles. The lowest BCUT2D eigenvalue weighted by molar-refractivity contribution is 0.341. The number of anilines is 1. The van der Waals surface area contributed by atoms with Gasteiger partial charge in [-0.15, -0.1) is 0 Å². The Hall–Kier alpha value is -1.97. The third-order valence-corrected chi connectivity index (χ3v) is 2.21. The van der Waals surface area contributed by atoms with Gasteiger partial charge in [-0.3, -0.25) is 0 Å². The van der Waals surface area contributed by atoms with E-state index in [0.717, 1.165) is 17.1 Å². The average Bonchev–Trinajstić information content (AvgIpc) is 2.81. The molecule has 0 bridgehead atoms. The first-order valence-electron chi connectivity index (χ1n) is 5.33. The molecule has 0 saturated heterocycles. The largest absolute Gasteiger partial charge is 0.492 e. The van der Waals surface area contributed by atoms with Gasteiger partial charge < -0.3 is 15.0 Å². The van der Waals surface area contributed by atoms with Crippen molar-refractivity contribution in [2.24, 2.45) is 0 Å². The van der Waals surface area contributed by atoms with Crippen LogP contribution >= 0.6 is 0 Å². The minimum atomic E-state index is 0.669. The zero-order valence-electron chi connectivity index (χ0n) is 9.23. The van der Waals surface area contributed by atoms with Gasteiger partial charge in [0.25, 0.3) is 0 Å². The van der Waals surface area contributed by atoms with Gasteiger partial charge in [0.05, 0.1) is 30.9 Å². The highest BCUT2D eigenvalue weighted by Gasteiger charge is 2.01. The molecule has 0 aliphatic carbocycles. The van der Waals surface area contributed by atoms with E-state index in [1.807, 2.05) is 31.2 Å². The first-order chi connectivity index (χ1) is 7.90. The SMILES string of the molecule is CCOc1ccccc1NCc1cnc[nH]1. The fraction of sp³-hybridized carbons (Fsp3) is 0.250. The topological polar surface area (TPSA) is 49.9 Å². The molecule has 0 aliphatic rings. The average molecular weight is 217 g/mol. The van der Waals surface area contributed by atoms with Crippen LogP contribution in [0.15, 0.2) is 36.8 Å². The number of aromatic nitrogens is 2.